The summed E-state index contributed by atoms with van der Waals surface area (Å²) in [7, 11) is 0. The average Bonchev–Trinajstić information content (AvgIpc) is 2.49. The second kappa shape index (κ2) is 7.68. The highest BCUT2D eigenvalue weighted by Gasteiger charge is 2.22. The van der Waals surface area contributed by atoms with Crippen molar-refractivity contribution in [3.63, 3.8) is 0 Å². The number of allylic oxidation sites excluding steroid dienone is 1. The largest absolute Gasteiger partial charge is 0.493 e. The van der Waals surface area contributed by atoms with Gasteiger partial charge >= 0.3 is 0 Å². The van der Waals surface area contributed by atoms with Crippen LogP contribution in [0.1, 0.15) is 24.7 Å². The second-order valence-corrected chi connectivity index (χ2v) is 4.71. The third-order valence-corrected chi connectivity index (χ3v) is 3.10. The summed E-state index contributed by atoms with van der Waals surface area (Å²) in [6.07, 6.45) is 2.90. The first-order valence-electron chi connectivity index (χ1n) is 6.77. The van der Waals surface area contributed by atoms with E-state index in [1.165, 1.54) is 0 Å². The minimum absolute atomic E-state index is 0.302. The Hall–Kier alpha value is -1.83. The monoisotopic (exact) mass is 273 g/mol. The van der Waals surface area contributed by atoms with Crippen LogP contribution in [0.4, 0.5) is 0 Å². The molecule has 0 saturated carbocycles. The number of rotatable bonds is 6. The van der Waals surface area contributed by atoms with Crippen LogP contribution in [-0.2, 0) is 9.47 Å². The van der Waals surface area contributed by atoms with E-state index in [2.05, 4.69) is 6.58 Å². The van der Waals surface area contributed by atoms with Gasteiger partial charge in [0.1, 0.15) is 12.4 Å². The number of nitriles is 1. The molecule has 0 bridgehead atoms. The summed E-state index contributed by atoms with van der Waals surface area (Å²) in [5, 5.41) is 8.45. The van der Waals surface area contributed by atoms with Crippen LogP contribution >= 0.6 is 0 Å². The zero-order valence-electron chi connectivity index (χ0n) is 11.5. The Balaban J connectivity index is 1.84. The van der Waals surface area contributed by atoms with E-state index in [-0.39, 0.29) is 6.29 Å². The maximum absolute atomic E-state index is 8.45. The molecular weight excluding hydrogens is 254 g/mol. The number of hydrogen-bond acceptors (Lipinski definition) is 4. The molecule has 0 aliphatic carbocycles. The third kappa shape index (κ3) is 4.09. The van der Waals surface area contributed by atoms with E-state index in [4.69, 9.17) is 19.5 Å². The summed E-state index contributed by atoms with van der Waals surface area (Å²) in [6.45, 7) is 5.52. The van der Waals surface area contributed by atoms with Gasteiger partial charge in [0.05, 0.1) is 25.7 Å². The van der Waals surface area contributed by atoms with Gasteiger partial charge in [0.25, 0.3) is 0 Å². The molecular formula is C16H19NO3. The Morgan fingerprint density at radius 2 is 2.00 bits per heavy atom. The van der Waals surface area contributed by atoms with Gasteiger partial charge in [0.15, 0.2) is 6.29 Å². The van der Waals surface area contributed by atoms with Crippen molar-refractivity contribution in [3.05, 3.63) is 42.5 Å². The van der Waals surface area contributed by atoms with Crippen LogP contribution in [0.5, 0.6) is 5.75 Å². The Kier molecular flexibility index (Phi) is 5.60. The third-order valence-electron chi connectivity index (χ3n) is 3.10. The van der Waals surface area contributed by atoms with Crippen LogP contribution in [0.15, 0.2) is 36.9 Å². The smallest absolute Gasteiger partial charge is 0.183 e. The number of benzene rings is 1. The topological polar surface area (TPSA) is 51.5 Å². The van der Waals surface area contributed by atoms with Gasteiger partial charge in [0, 0.05) is 11.5 Å². The van der Waals surface area contributed by atoms with Crippen molar-refractivity contribution in [1.82, 2.24) is 0 Å². The molecule has 20 heavy (non-hydrogen) atoms. The molecule has 4 heteroatoms. The molecule has 4 nitrogen and oxygen atoms in total. The van der Waals surface area contributed by atoms with Gasteiger partial charge in [-0.3, -0.25) is 0 Å². The van der Waals surface area contributed by atoms with Crippen molar-refractivity contribution in [2.24, 2.45) is 5.92 Å². The predicted molar refractivity (Wildman–Crippen MR) is 75.1 cm³/mol. The summed E-state index contributed by atoms with van der Waals surface area (Å²) in [4.78, 5) is 0. The van der Waals surface area contributed by atoms with E-state index in [1.807, 2.05) is 36.4 Å². The van der Waals surface area contributed by atoms with Crippen molar-refractivity contribution < 1.29 is 14.2 Å². The molecule has 0 atom stereocenters. The highest BCUT2D eigenvalue weighted by molar-refractivity contribution is 5.28. The van der Waals surface area contributed by atoms with Gasteiger partial charge in [-0.2, -0.15) is 5.26 Å². The molecule has 1 aromatic carbocycles. The lowest BCUT2D eigenvalue weighted by atomic mass is 10.1. The van der Waals surface area contributed by atoms with Gasteiger partial charge in [-0.05, 0) is 18.6 Å². The molecule has 0 radical (unpaired) electrons. The fourth-order valence-corrected chi connectivity index (χ4v) is 2.04. The van der Waals surface area contributed by atoms with Gasteiger partial charge in [-0.1, -0.05) is 18.2 Å². The molecule has 1 aliphatic rings. The molecule has 0 unspecified atom stereocenters. The van der Waals surface area contributed by atoms with Crippen molar-refractivity contribution in [1.29, 1.82) is 5.26 Å². The molecule has 0 N–H and O–H groups in total. The Labute approximate surface area is 119 Å². The summed E-state index contributed by atoms with van der Waals surface area (Å²) in [5.41, 5.74) is 0.981. The van der Waals surface area contributed by atoms with Crippen LogP contribution in [0, 0.1) is 17.2 Å². The highest BCUT2D eigenvalue weighted by Crippen LogP contribution is 2.27. The molecule has 1 aromatic rings. The van der Waals surface area contributed by atoms with Gasteiger partial charge in [0.2, 0.25) is 0 Å². The normalized spacial score (nSPS) is 21.9. The van der Waals surface area contributed by atoms with Crippen molar-refractivity contribution in [2.45, 2.75) is 19.1 Å². The van der Waals surface area contributed by atoms with Gasteiger partial charge in [-0.15, -0.1) is 6.58 Å². The van der Waals surface area contributed by atoms with E-state index in [1.54, 1.807) is 0 Å². The van der Waals surface area contributed by atoms with Crippen LogP contribution in [0.3, 0.4) is 0 Å². The maximum Gasteiger partial charge on any atom is 0.183 e. The fraction of sp³-hybridized carbons (Fsp3) is 0.438. The van der Waals surface area contributed by atoms with Crippen molar-refractivity contribution in [2.75, 3.05) is 19.8 Å². The standard InChI is InChI=1S/C16H19NO3/c1-2-4-13-11-19-16(20-12-13)14-5-7-15(8-6-14)18-10-3-9-17/h2,5-8,13,16H,1,3-4,10-12H2. The lowest BCUT2D eigenvalue weighted by Gasteiger charge is -2.29. The Morgan fingerprint density at radius 3 is 2.60 bits per heavy atom. The molecule has 106 valence electrons. The summed E-state index contributed by atoms with van der Waals surface area (Å²) < 4.78 is 16.8. The minimum atomic E-state index is -0.302. The summed E-state index contributed by atoms with van der Waals surface area (Å²) in [6, 6.07) is 9.65. The number of ether oxygens (including phenoxy) is 3. The number of hydrogen-bond donors (Lipinski definition) is 0. The summed E-state index contributed by atoms with van der Waals surface area (Å²) in [5.74, 6) is 1.15. The van der Waals surface area contributed by atoms with Crippen molar-refractivity contribution >= 4 is 0 Å². The van der Waals surface area contributed by atoms with E-state index < -0.39 is 0 Å². The van der Waals surface area contributed by atoms with E-state index in [9.17, 15) is 0 Å². The van der Waals surface area contributed by atoms with Gasteiger partial charge in [-0.25, -0.2) is 0 Å². The molecule has 0 aromatic heterocycles. The SMILES string of the molecule is C=CCC1COC(c2ccc(OCCC#N)cc2)OC1. The predicted octanol–water partition coefficient (Wildman–Crippen LogP) is 3.22. The van der Waals surface area contributed by atoms with Crippen LogP contribution in [0.25, 0.3) is 0 Å². The maximum atomic E-state index is 8.45. The van der Waals surface area contributed by atoms with E-state index >= 15 is 0 Å². The fourth-order valence-electron chi connectivity index (χ4n) is 2.04. The first-order chi connectivity index (χ1) is 9.83. The molecule has 0 spiro atoms. The zero-order valence-corrected chi connectivity index (χ0v) is 11.5. The van der Waals surface area contributed by atoms with Crippen molar-refractivity contribution in [3.8, 4) is 11.8 Å². The lowest BCUT2D eigenvalue weighted by Crippen LogP contribution is -2.26. The molecule has 2 rings (SSSR count). The second-order valence-electron chi connectivity index (χ2n) is 4.71. The van der Waals surface area contributed by atoms with E-state index in [0.717, 1.165) is 17.7 Å². The lowest BCUT2D eigenvalue weighted by molar-refractivity contribution is -0.204. The van der Waals surface area contributed by atoms with Gasteiger partial charge < -0.3 is 14.2 Å². The summed E-state index contributed by atoms with van der Waals surface area (Å²) >= 11 is 0. The number of nitrogens with zero attached hydrogens (tertiary/aromatic N) is 1. The van der Waals surface area contributed by atoms with Crippen LogP contribution in [-0.4, -0.2) is 19.8 Å². The Morgan fingerprint density at radius 1 is 1.30 bits per heavy atom. The first-order valence-corrected chi connectivity index (χ1v) is 6.77. The zero-order chi connectivity index (χ0) is 14.2. The van der Waals surface area contributed by atoms with Crippen LogP contribution < -0.4 is 4.74 Å². The first kappa shape index (κ1) is 14.6. The molecule has 1 aliphatic heterocycles. The Bertz CT molecular complexity index is 456. The quantitative estimate of drug-likeness (QED) is 0.590. The highest BCUT2D eigenvalue weighted by atomic mass is 16.7. The minimum Gasteiger partial charge on any atom is -0.493 e. The molecule has 1 fully saturated rings. The van der Waals surface area contributed by atoms with E-state index in [0.29, 0.717) is 32.2 Å². The average molecular weight is 273 g/mol. The van der Waals surface area contributed by atoms with Crippen LogP contribution in [0.2, 0.25) is 0 Å². The molecule has 1 heterocycles. The molecule has 0 amide bonds. The molecule has 1 saturated heterocycles.